The molecule has 0 bridgehead atoms. The highest BCUT2D eigenvalue weighted by molar-refractivity contribution is 9.10. The number of nitrogens with one attached hydrogen (secondary N) is 1. The summed E-state index contributed by atoms with van der Waals surface area (Å²) < 4.78 is 32.9. The zero-order valence-corrected chi connectivity index (χ0v) is 16.3. The number of halogens is 1. The first-order chi connectivity index (χ1) is 12.4. The number of hydrogen-bond donors (Lipinski definition) is 2. The van der Waals surface area contributed by atoms with Crippen LogP contribution in [0.3, 0.4) is 0 Å². The molecule has 9 heteroatoms. The van der Waals surface area contributed by atoms with Crippen LogP contribution in [0.5, 0.6) is 5.06 Å². The average Bonchev–Trinajstić information content (AvgIpc) is 2.97. The van der Waals surface area contributed by atoms with Gasteiger partial charge < -0.3 is 9.84 Å². The lowest BCUT2D eigenvalue weighted by Gasteiger charge is -2.09. The molecule has 3 aromatic rings. The highest BCUT2D eigenvalue weighted by atomic mass is 79.9. The van der Waals surface area contributed by atoms with Gasteiger partial charge in [0.25, 0.3) is 10.0 Å². The molecule has 2 aromatic carbocycles. The van der Waals surface area contributed by atoms with E-state index >= 15 is 0 Å². The van der Waals surface area contributed by atoms with Crippen molar-refractivity contribution in [3.05, 3.63) is 65.1 Å². The van der Waals surface area contributed by atoms with Crippen LogP contribution in [-0.2, 0) is 10.0 Å². The largest absolute Gasteiger partial charge is 0.512 e. The molecule has 1 aromatic heterocycles. The second kappa shape index (κ2) is 7.48. The molecule has 0 saturated carbocycles. The first kappa shape index (κ1) is 18.4. The number of hydrogen-bond acceptors (Lipinski definition) is 5. The van der Waals surface area contributed by atoms with Gasteiger partial charge in [0.1, 0.15) is 10.6 Å². The first-order valence-electron chi connectivity index (χ1n) is 7.24. The van der Waals surface area contributed by atoms with Gasteiger partial charge in [0.05, 0.1) is 0 Å². The van der Waals surface area contributed by atoms with Crippen LogP contribution in [0.25, 0.3) is 10.4 Å². The van der Waals surface area contributed by atoms with Crippen molar-refractivity contribution in [3.8, 4) is 15.5 Å². The Morgan fingerprint density at radius 3 is 2.38 bits per heavy atom. The molecule has 2 N–H and O–H groups in total. The van der Waals surface area contributed by atoms with E-state index in [4.69, 9.17) is 9.84 Å². The van der Waals surface area contributed by atoms with Crippen LogP contribution >= 0.6 is 27.3 Å². The highest BCUT2D eigenvalue weighted by Gasteiger charge is 2.22. The Hall–Kier alpha value is -2.36. The smallest absolute Gasteiger partial charge is 0.449 e. The molecule has 0 radical (unpaired) electrons. The van der Waals surface area contributed by atoms with Gasteiger partial charge in [0.2, 0.25) is 5.06 Å². The summed E-state index contributed by atoms with van der Waals surface area (Å²) in [5.41, 5.74) is 0.881. The van der Waals surface area contributed by atoms with E-state index in [0.29, 0.717) is 9.35 Å². The molecular formula is C17H12BrNO5S2. The minimum atomic E-state index is -3.93. The third-order valence-electron chi connectivity index (χ3n) is 3.31. The Morgan fingerprint density at radius 2 is 1.73 bits per heavy atom. The summed E-state index contributed by atoms with van der Waals surface area (Å²) >= 11 is 4.24. The van der Waals surface area contributed by atoms with Crippen molar-refractivity contribution < 1.29 is 23.1 Å². The summed E-state index contributed by atoms with van der Waals surface area (Å²) in [4.78, 5) is 11.7. The summed E-state index contributed by atoms with van der Waals surface area (Å²) in [7, 11) is -3.93. The molecule has 134 valence electrons. The first-order valence-corrected chi connectivity index (χ1v) is 10.3. The summed E-state index contributed by atoms with van der Waals surface area (Å²) in [6.07, 6.45) is -1.52. The molecular weight excluding hydrogens is 442 g/mol. The minimum Gasteiger partial charge on any atom is -0.449 e. The molecule has 0 saturated heterocycles. The molecule has 0 amide bonds. The SMILES string of the molecule is O=C(O)Oc1sc(-c2ccccc2)cc1NS(=O)(=O)c1ccccc1Br. The second-order valence-electron chi connectivity index (χ2n) is 5.08. The van der Waals surface area contributed by atoms with Gasteiger partial charge in [0.15, 0.2) is 0 Å². The normalized spacial score (nSPS) is 11.1. The Morgan fingerprint density at radius 1 is 1.08 bits per heavy atom. The van der Waals surface area contributed by atoms with Gasteiger partial charge >= 0.3 is 6.16 Å². The number of rotatable bonds is 5. The molecule has 26 heavy (non-hydrogen) atoms. The predicted octanol–water partition coefficient (Wildman–Crippen LogP) is 5.04. The van der Waals surface area contributed by atoms with Crippen LogP contribution in [-0.4, -0.2) is 19.7 Å². The molecule has 0 atom stereocenters. The molecule has 6 nitrogen and oxygen atoms in total. The molecule has 0 aliphatic rings. The van der Waals surface area contributed by atoms with Gasteiger partial charge in [-0.15, -0.1) is 0 Å². The number of ether oxygens (including phenoxy) is 1. The van der Waals surface area contributed by atoms with E-state index in [9.17, 15) is 13.2 Å². The van der Waals surface area contributed by atoms with Crippen molar-refractivity contribution in [3.63, 3.8) is 0 Å². The van der Waals surface area contributed by atoms with Crippen LogP contribution in [0.2, 0.25) is 0 Å². The van der Waals surface area contributed by atoms with Gasteiger partial charge in [0, 0.05) is 9.35 Å². The van der Waals surface area contributed by atoms with E-state index in [1.165, 1.54) is 6.07 Å². The fourth-order valence-electron chi connectivity index (χ4n) is 2.21. The van der Waals surface area contributed by atoms with Crippen molar-refractivity contribution in [2.24, 2.45) is 0 Å². The molecule has 0 unspecified atom stereocenters. The van der Waals surface area contributed by atoms with Crippen LogP contribution < -0.4 is 9.46 Å². The van der Waals surface area contributed by atoms with Crippen molar-refractivity contribution >= 4 is 49.1 Å². The topological polar surface area (TPSA) is 92.7 Å². The summed E-state index contributed by atoms with van der Waals surface area (Å²) in [6.45, 7) is 0. The maximum absolute atomic E-state index is 12.7. The summed E-state index contributed by atoms with van der Waals surface area (Å²) in [5, 5.41) is 8.88. The minimum absolute atomic E-state index is 0.0359. The third-order valence-corrected chi connectivity index (χ3v) is 6.75. The van der Waals surface area contributed by atoms with Crippen LogP contribution in [0.15, 0.2) is 70.0 Å². The summed E-state index contributed by atoms with van der Waals surface area (Å²) in [6, 6.07) is 17.1. The fraction of sp³-hybridized carbons (Fsp3) is 0. The van der Waals surface area contributed by atoms with Crippen molar-refractivity contribution in [2.45, 2.75) is 4.90 Å². The van der Waals surface area contributed by atoms with Gasteiger partial charge in [-0.3, -0.25) is 4.72 Å². The second-order valence-corrected chi connectivity index (χ2v) is 8.60. The molecule has 3 rings (SSSR count). The van der Waals surface area contributed by atoms with Gasteiger partial charge in [-0.2, -0.15) is 0 Å². The number of thiophene rings is 1. The van der Waals surface area contributed by atoms with E-state index in [1.807, 2.05) is 30.3 Å². The zero-order valence-electron chi connectivity index (χ0n) is 13.0. The third kappa shape index (κ3) is 4.06. The number of anilines is 1. The van der Waals surface area contributed by atoms with E-state index < -0.39 is 16.2 Å². The van der Waals surface area contributed by atoms with Crippen LogP contribution in [0, 0.1) is 0 Å². The quantitative estimate of drug-likeness (QED) is 0.528. The Bertz CT molecular complexity index is 1050. The number of carboxylic acid groups (broad SMARTS) is 1. The Kier molecular flexibility index (Phi) is 5.30. The fourth-order valence-corrected chi connectivity index (χ4v) is 5.29. The Labute approximate surface area is 162 Å². The van der Waals surface area contributed by atoms with Crippen molar-refractivity contribution in [1.29, 1.82) is 0 Å². The van der Waals surface area contributed by atoms with E-state index in [1.54, 1.807) is 24.3 Å². The maximum atomic E-state index is 12.7. The van der Waals surface area contributed by atoms with Crippen molar-refractivity contribution in [1.82, 2.24) is 0 Å². The molecule has 0 fully saturated rings. The molecule has 0 aliphatic heterocycles. The highest BCUT2D eigenvalue weighted by Crippen LogP contribution is 2.42. The van der Waals surface area contributed by atoms with E-state index in [-0.39, 0.29) is 15.6 Å². The number of sulfonamides is 1. The van der Waals surface area contributed by atoms with Gasteiger partial charge in [-0.1, -0.05) is 53.8 Å². The predicted molar refractivity (Wildman–Crippen MR) is 103 cm³/mol. The molecule has 0 aliphatic carbocycles. The maximum Gasteiger partial charge on any atom is 0.512 e. The van der Waals surface area contributed by atoms with Crippen molar-refractivity contribution in [2.75, 3.05) is 4.72 Å². The van der Waals surface area contributed by atoms with Crippen LogP contribution in [0.1, 0.15) is 0 Å². The zero-order chi connectivity index (χ0) is 18.7. The lowest BCUT2D eigenvalue weighted by molar-refractivity contribution is 0.146. The lowest BCUT2D eigenvalue weighted by Crippen LogP contribution is -2.14. The van der Waals surface area contributed by atoms with E-state index in [2.05, 4.69) is 20.7 Å². The number of benzene rings is 2. The van der Waals surface area contributed by atoms with Gasteiger partial charge in [-0.25, -0.2) is 13.2 Å². The lowest BCUT2D eigenvalue weighted by atomic mass is 10.2. The van der Waals surface area contributed by atoms with Gasteiger partial charge in [-0.05, 0) is 39.7 Å². The average molecular weight is 454 g/mol. The Balaban J connectivity index is 2.02. The standard InChI is InChI=1S/C17H12BrNO5S2/c18-12-8-4-5-9-15(12)26(22,23)19-13-10-14(11-6-2-1-3-7-11)25-16(13)24-17(20)21/h1-10,19H,(H,20,21). The monoisotopic (exact) mass is 453 g/mol. The number of carbonyl (C=O) groups is 1. The molecule has 1 heterocycles. The molecule has 0 spiro atoms. The van der Waals surface area contributed by atoms with E-state index in [0.717, 1.165) is 16.9 Å². The summed E-state index contributed by atoms with van der Waals surface area (Å²) in [5.74, 6) is 0. The van der Waals surface area contributed by atoms with Crippen LogP contribution in [0.4, 0.5) is 10.5 Å².